The van der Waals surface area contributed by atoms with E-state index in [9.17, 15) is 14.7 Å². The van der Waals surface area contributed by atoms with E-state index in [2.05, 4.69) is 20.9 Å². The highest BCUT2D eigenvalue weighted by molar-refractivity contribution is 9.10. The zero-order valence-electron chi connectivity index (χ0n) is 15.2. The predicted octanol–water partition coefficient (Wildman–Crippen LogP) is 3.47. The van der Waals surface area contributed by atoms with Crippen LogP contribution in [0.5, 0.6) is 5.88 Å². The Morgan fingerprint density at radius 3 is 2.56 bits per heavy atom. The van der Waals surface area contributed by atoms with Gasteiger partial charge in [0, 0.05) is 16.3 Å². The lowest BCUT2D eigenvalue weighted by Gasteiger charge is -2.28. The second kappa shape index (κ2) is 7.82. The minimum absolute atomic E-state index is 0.0195. The number of carbonyl (C=O) groups is 2. The topological polar surface area (TPSA) is 123 Å². The van der Waals surface area contributed by atoms with Crippen LogP contribution in [-0.4, -0.2) is 21.9 Å². The van der Waals surface area contributed by atoms with Crippen LogP contribution < -0.4 is 16.6 Å². The number of fused-ring (bicyclic) bond motifs is 1. The van der Waals surface area contributed by atoms with Crippen LogP contribution in [0.25, 0.3) is 10.9 Å². The van der Waals surface area contributed by atoms with Crippen LogP contribution in [0.2, 0.25) is 0 Å². The third-order valence-corrected chi connectivity index (χ3v) is 5.81. The molecule has 0 bridgehead atoms. The van der Waals surface area contributed by atoms with Crippen LogP contribution >= 0.6 is 15.9 Å². The number of hydrogen-bond acceptors (Lipinski definition) is 5. The standard InChI is InChI=1S/C19H23BrN4O3/c1-2-13(25)24(22)17-11(20)8-9-12-15(17)14(10-6-4-3-5-7-10)16(18(21)26)19(27)23-12/h8-10H,2-7,22H2,1H3,(H2,21,26)(H,23,27). The molecule has 3 rings (SSSR count). The molecule has 1 aliphatic carbocycles. The molecule has 0 unspecified atom stereocenters. The fraction of sp³-hybridized carbons (Fsp3) is 0.421. The van der Waals surface area contributed by atoms with Crippen molar-refractivity contribution in [2.24, 2.45) is 11.6 Å². The first-order valence-electron chi connectivity index (χ1n) is 9.09. The van der Waals surface area contributed by atoms with E-state index in [-0.39, 0.29) is 29.7 Å². The minimum Gasteiger partial charge on any atom is -0.493 e. The van der Waals surface area contributed by atoms with Crippen molar-refractivity contribution >= 4 is 44.3 Å². The zero-order chi connectivity index (χ0) is 19.7. The number of halogens is 1. The summed E-state index contributed by atoms with van der Waals surface area (Å²) < 4.78 is 0.610. The molecule has 1 fully saturated rings. The van der Waals surface area contributed by atoms with Gasteiger partial charge in [-0.05, 0) is 52.4 Å². The average molecular weight is 435 g/mol. The number of aromatic nitrogens is 1. The van der Waals surface area contributed by atoms with Gasteiger partial charge in [-0.15, -0.1) is 0 Å². The Kier molecular flexibility index (Phi) is 5.67. The first-order valence-corrected chi connectivity index (χ1v) is 9.88. The molecule has 2 aromatic rings. The largest absolute Gasteiger partial charge is 0.493 e. The van der Waals surface area contributed by atoms with Gasteiger partial charge in [0.05, 0.1) is 11.2 Å². The number of carbonyl (C=O) groups excluding carboxylic acids is 2. The van der Waals surface area contributed by atoms with E-state index in [4.69, 9.17) is 11.6 Å². The number of primary amides is 1. The maximum atomic E-state index is 12.3. The molecule has 1 aliphatic rings. The van der Waals surface area contributed by atoms with E-state index in [1.54, 1.807) is 19.1 Å². The summed E-state index contributed by atoms with van der Waals surface area (Å²) in [7, 11) is 0. The molecule has 0 aliphatic heterocycles. The van der Waals surface area contributed by atoms with Gasteiger partial charge in [-0.3, -0.25) is 9.59 Å². The molecule has 1 aromatic carbocycles. The van der Waals surface area contributed by atoms with Gasteiger partial charge < -0.3 is 10.8 Å². The van der Waals surface area contributed by atoms with E-state index >= 15 is 0 Å². The number of aromatic hydroxyl groups is 1. The quantitative estimate of drug-likeness (QED) is 0.386. The van der Waals surface area contributed by atoms with Crippen molar-refractivity contribution in [3.63, 3.8) is 0 Å². The fourth-order valence-electron chi connectivity index (χ4n) is 3.90. The normalized spacial score (nSPS) is 15.1. The molecule has 1 aromatic heterocycles. The second-order valence-corrected chi connectivity index (χ2v) is 7.69. The lowest BCUT2D eigenvalue weighted by atomic mass is 9.80. The molecular formula is C19H23BrN4O3. The lowest BCUT2D eigenvalue weighted by molar-refractivity contribution is -0.118. The number of anilines is 1. The van der Waals surface area contributed by atoms with Crippen LogP contribution in [0.4, 0.5) is 5.69 Å². The molecule has 144 valence electrons. The van der Waals surface area contributed by atoms with Crippen LogP contribution in [0, 0.1) is 0 Å². The Morgan fingerprint density at radius 2 is 1.96 bits per heavy atom. The maximum absolute atomic E-state index is 12.3. The molecule has 7 nitrogen and oxygen atoms in total. The summed E-state index contributed by atoms with van der Waals surface area (Å²) >= 11 is 3.47. The van der Waals surface area contributed by atoms with E-state index < -0.39 is 5.91 Å². The van der Waals surface area contributed by atoms with Gasteiger partial charge >= 0.3 is 0 Å². The zero-order valence-corrected chi connectivity index (χ0v) is 16.8. The predicted molar refractivity (Wildman–Crippen MR) is 107 cm³/mol. The fourth-order valence-corrected chi connectivity index (χ4v) is 4.42. The smallest absolute Gasteiger partial charge is 0.254 e. The van der Waals surface area contributed by atoms with E-state index in [0.29, 0.717) is 26.6 Å². The van der Waals surface area contributed by atoms with Crippen molar-refractivity contribution in [3.8, 4) is 5.88 Å². The van der Waals surface area contributed by atoms with Crippen molar-refractivity contribution in [3.05, 3.63) is 27.7 Å². The summed E-state index contributed by atoms with van der Waals surface area (Å²) in [5, 5.41) is 12.1. The Bertz CT molecular complexity index is 910. The van der Waals surface area contributed by atoms with Crippen LogP contribution in [0.1, 0.15) is 67.3 Å². The summed E-state index contributed by atoms with van der Waals surface area (Å²) in [6.07, 6.45) is 5.15. The molecular weight excluding hydrogens is 412 g/mol. The summed E-state index contributed by atoms with van der Waals surface area (Å²) in [6.45, 7) is 1.72. The molecule has 0 atom stereocenters. The van der Waals surface area contributed by atoms with Gasteiger partial charge in [0.25, 0.3) is 5.91 Å². The summed E-state index contributed by atoms with van der Waals surface area (Å²) in [5.41, 5.74) is 7.17. The minimum atomic E-state index is -0.737. The molecule has 0 radical (unpaired) electrons. The van der Waals surface area contributed by atoms with Crippen molar-refractivity contribution in [2.45, 2.75) is 51.4 Å². The molecule has 0 spiro atoms. The SMILES string of the molecule is CCC(=O)N(N)c1c(Br)ccc2nc(O)c(C(N)=O)c(C3CCCCC3)c12. The number of benzene rings is 1. The summed E-state index contributed by atoms with van der Waals surface area (Å²) in [4.78, 5) is 28.6. The monoisotopic (exact) mass is 434 g/mol. The Hall–Kier alpha value is -2.19. The number of pyridine rings is 1. The number of hydrogen-bond donors (Lipinski definition) is 3. The molecule has 1 saturated carbocycles. The third-order valence-electron chi connectivity index (χ3n) is 5.17. The Morgan fingerprint density at radius 1 is 1.30 bits per heavy atom. The van der Waals surface area contributed by atoms with E-state index in [1.807, 2.05) is 0 Å². The first kappa shape index (κ1) is 19.6. The molecule has 27 heavy (non-hydrogen) atoms. The van der Waals surface area contributed by atoms with Gasteiger partial charge in [-0.2, -0.15) is 0 Å². The van der Waals surface area contributed by atoms with Crippen molar-refractivity contribution in [1.82, 2.24) is 4.98 Å². The number of hydrazine groups is 1. The number of nitrogens with two attached hydrogens (primary N) is 2. The lowest BCUT2D eigenvalue weighted by Crippen LogP contribution is -2.37. The maximum Gasteiger partial charge on any atom is 0.254 e. The highest BCUT2D eigenvalue weighted by Gasteiger charge is 2.30. The molecule has 2 amide bonds. The summed E-state index contributed by atoms with van der Waals surface area (Å²) in [6, 6.07) is 3.45. The summed E-state index contributed by atoms with van der Waals surface area (Å²) in [5.74, 6) is 4.77. The second-order valence-electron chi connectivity index (χ2n) is 6.83. The van der Waals surface area contributed by atoms with E-state index in [0.717, 1.165) is 37.1 Å². The first-order chi connectivity index (χ1) is 12.9. The van der Waals surface area contributed by atoms with Gasteiger partial charge in [-0.25, -0.2) is 15.8 Å². The Labute approximate surface area is 165 Å². The third kappa shape index (κ3) is 3.51. The molecule has 1 heterocycles. The van der Waals surface area contributed by atoms with Gasteiger partial charge in [0.1, 0.15) is 5.56 Å². The molecule has 8 heteroatoms. The van der Waals surface area contributed by atoms with Crippen molar-refractivity contribution in [1.29, 1.82) is 0 Å². The highest BCUT2D eigenvalue weighted by atomic mass is 79.9. The molecule has 0 saturated heterocycles. The number of amides is 2. The van der Waals surface area contributed by atoms with Crippen molar-refractivity contribution in [2.75, 3.05) is 5.01 Å². The van der Waals surface area contributed by atoms with Crippen LogP contribution in [-0.2, 0) is 4.79 Å². The van der Waals surface area contributed by atoms with E-state index in [1.165, 1.54) is 0 Å². The number of rotatable bonds is 4. The average Bonchev–Trinajstić information content (AvgIpc) is 2.66. The van der Waals surface area contributed by atoms with Crippen molar-refractivity contribution < 1.29 is 14.7 Å². The van der Waals surface area contributed by atoms with Gasteiger partial charge in [-0.1, -0.05) is 26.2 Å². The molecule has 5 N–H and O–H groups in total. The highest BCUT2D eigenvalue weighted by Crippen LogP contribution is 2.45. The van der Waals surface area contributed by atoms with Gasteiger partial charge in [0.15, 0.2) is 0 Å². The van der Waals surface area contributed by atoms with Crippen LogP contribution in [0.15, 0.2) is 16.6 Å². The van der Waals surface area contributed by atoms with Crippen LogP contribution in [0.3, 0.4) is 0 Å². The number of nitrogens with zero attached hydrogens (tertiary/aromatic N) is 2. The van der Waals surface area contributed by atoms with Gasteiger partial charge in [0.2, 0.25) is 11.8 Å². The Balaban J connectivity index is 2.42.